The molecule has 3 N–H and O–H groups in total. The van der Waals surface area contributed by atoms with Crippen LogP contribution in [-0.2, 0) is 14.3 Å². The number of esters is 2. The van der Waals surface area contributed by atoms with Crippen molar-refractivity contribution in [1.82, 2.24) is 0 Å². The van der Waals surface area contributed by atoms with E-state index in [0.717, 1.165) is 0 Å². The number of carbonyl (C=O) groups excluding carboxylic acids is 2. The zero-order valence-corrected chi connectivity index (χ0v) is 8.56. The van der Waals surface area contributed by atoms with Crippen molar-refractivity contribution in [3.8, 4) is 5.75 Å². The highest BCUT2D eigenvalue weighted by molar-refractivity contribution is 5.82. The van der Waals surface area contributed by atoms with Crippen molar-refractivity contribution in [1.29, 1.82) is 0 Å². The summed E-state index contributed by atoms with van der Waals surface area (Å²) in [7, 11) is 0. The van der Waals surface area contributed by atoms with Crippen LogP contribution in [0.5, 0.6) is 5.75 Å². The second-order valence-electron chi connectivity index (χ2n) is 2.64. The Morgan fingerprint density at radius 3 is 1.87 bits per heavy atom. The van der Waals surface area contributed by atoms with Gasteiger partial charge in [-0.15, -0.1) is 0 Å². The van der Waals surface area contributed by atoms with Gasteiger partial charge in [0.15, 0.2) is 0 Å². The van der Waals surface area contributed by atoms with Gasteiger partial charge in [0.1, 0.15) is 5.75 Å². The lowest BCUT2D eigenvalue weighted by Crippen LogP contribution is -2.03. The molecule has 5 nitrogen and oxygen atoms in total. The molecule has 15 heavy (non-hydrogen) atoms. The van der Waals surface area contributed by atoms with Gasteiger partial charge in [0, 0.05) is 13.8 Å². The highest BCUT2D eigenvalue weighted by Gasteiger charge is 1.93. The van der Waals surface area contributed by atoms with E-state index in [1.807, 2.05) is 0 Å². The van der Waals surface area contributed by atoms with E-state index in [-0.39, 0.29) is 5.75 Å². The van der Waals surface area contributed by atoms with E-state index in [4.69, 9.17) is 10.8 Å². The molecule has 0 unspecified atom stereocenters. The minimum atomic E-state index is -0.562. The van der Waals surface area contributed by atoms with E-state index in [9.17, 15) is 9.59 Å². The molecule has 0 saturated carbocycles. The molecule has 0 atom stereocenters. The Balaban J connectivity index is 0.000000265. The number of rotatable bonds is 0. The maximum absolute atomic E-state index is 9.81. The van der Waals surface area contributed by atoms with Gasteiger partial charge in [-0.05, 0) is 12.1 Å². The first-order valence-corrected chi connectivity index (χ1v) is 4.16. The Labute approximate surface area is 87.5 Å². The van der Waals surface area contributed by atoms with Crippen LogP contribution in [0.1, 0.15) is 13.8 Å². The molecule has 5 heteroatoms. The second kappa shape index (κ2) is 6.42. The van der Waals surface area contributed by atoms with Gasteiger partial charge in [-0.1, -0.05) is 12.1 Å². The van der Waals surface area contributed by atoms with Gasteiger partial charge in [0.05, 0.1) is 5.69 Å². The van der Waals surface area contributed by atoms with Gasteiger partial charge in [-0.25, -0.2) is 0 Å². The van der Waals surface area contributed by atoms with E-state index in [1.165, 1.54) is 13.8 Å². The second-order valence-corrected chi connectivity index (χ2v) is 2.64. The summed E-state index contributed by atoms with van der Waals surface area (Å²) in [5.41, 5.74) is 5.69. The van der Waals surface area contributed by atoms with Crippen molar-refractivity contribution in [3.05, 3.63) is 24.3 Å². The fraction of sp³-hybridized carbons (Fsp3) is 0.200. The number of nitrogen functional groups attached to an aromatic ring is 1. The first kappa shape index (κ1) is 13.0. The average Bonchev–Trinajstić information content (AvgIpc) is 2.08. The number of carbonyl (C=O) groups is 2. The first-order chi connectivity index (χ1) is 6.93. The molecular formula is C10H13NO4. The maximum atomic E-state index is 9.81. The molecule has 0 amide bonds. The highest BCUT2D eigenvalue weighted by atomic mass is 16.6. The topological polar surface area (TPSA) is 89.6 Å². The minimum Gasteiger partial charge on any atom is -0.506 e. The van der Waals surface area contributed by atoms with Crippen LogP contribution in [-0.4, -0.2) is 17.0 Å². The summed E-state index contributed by atoms with van der Waals surface area (Å²) >= 11 is 0. The van der Waals surface area contributed by atoms with Gasteiger partial charge >= 0.3 is 11.9 Å². The summed E-state index contributed by atoms with van der Waals surface area (Å²) in [6, 6.07) is 6.70. The summed E-state index contributed by atoms with van der Waals surface area (Å²) < 4.78 is 3.97. The van der Waals surface area contributed by atoms with Gasteiger partial charge in [-0.2, -0.15) is 0 Å². The number of phenolic OH excluding ortho intramolecular Hbond substituents is 1. The van der Waals surface area contributed by atoms with E-state index >= 15 is 0 Å². The first-order valence-electron chi connectivity index (χ1n) is 4.16. The maximum Gasteiger partial charge on any atom is 0.310 e. The quantitative estimate of drug-likeness (QED) is 0.290. The van der Waals surface area contributed by atoms with E-state index < -0.39 is 11.9 Å². The number of aromatic hydroxyl groups is 1. The predicted molar refractivity (Wildman–Crippen MR) is 55.0 cm³/mol. The number of anilines is 1. The molecule has 0 aliphatic carbocycles. The molecule has 82 valence electrons. The molecule has 0 aliphatic rings. The van der Waals surface area contributed by atoms with Crippen LogP contribution in [0.4, 0.5) is 5.69 Å². The fourth-order valence-corrected chi connectivity index (χ4v) is 0.690. The van der Waals surface area contributed by atoms with Crippen molar-refractivity contribution >= 4 is 17.6 Å². The van der Waals surface area contributed by atoms with Crippen LogP contribution in [0.3, 0.4) is 0 Å². The standard InChI is InChI=1S/C6H7NO.C4H6O3/c7-5-3-1-2-4-6(5)8;1-3(5)7-4(2)6/h1-4,8H,7H2;1-2H3. The third-order valence-electron chi connectivity index (χ3n) is 1.22. The molecule has 0 saturated heterocycles. The SMILES string of the molecule is CC(=O)OC(C)=O.Nc1ccccc1O. The van der Waals surface area contributed by atoms with Crippen molar-refractivity contribution in [2.45, 2.75) is 13.8 Å². The minimum absolute atomic E-state index is 0.146. The number of nitrogens with two attached hydrogens (primary N) is 1. The van der Waals surface area contributed by atoms with Gasteiger partial charge in [-0.3, -0.25) is 9.59 Å². The lowest BCUT2D eigenvalue weighted by molar-refractivity contribution is -0.156. The van der Waals surface area contributed by atoms with Crippen LogP contribution in [0.25, 0.3) is 0 Å². The van der Waals surface area contributed by atoms with Crippen LogP contribution < -0.4 is 5.73 Å². The molecule has 0 fully saturated rings. The van der Waals surface area contributed by atoms with Crippen LogP contribution >= 0.6 is 0 Å². The number of benzene rings is 1. The molecule has 0 heterocycles. The Bertz CT molecular complexity index is 316. The Morgan fingerprint density at radius 1 is 1.20 bits per heavy atom. The smallest absolute Gasteiger partial charge is 0.310 e. The molecule has 0 spiro atoms. The lowest BCUT2D eigenvalue weighted by Gasteiger charge is -1.92. The molecule has 0 aromatic heterocycles. The molecule has 1 aromatic carbocycles. The molecule has 0 radical (unpaired) electrons. The average molecular weight is 211 g/mol. The van der Waals surface area contributed by atoms with Crippen molar-refractivity contribution in [2.24, 2.45) is 0 Å². The van der Waals surface area contributed by atoms with Crippen molar-refractivity contribution in [2.75, 3.05) is 5.73 Å². The molecule has 1 aromatic rings. The predicted octanol–water partition coefficient (Wildman–Crippen LogP) is 1.07. The Morgan fingerprint density at radius 2 is 1.67 bits per heavy atom. The van der Waals surface area contributed by atoms with Gasteiger partial charge in [0.25, 0.3) is 0 Å². The summed E-state index contributed by atoms with van der Waals surface area (Å²) in [4.78, 5) is 19.6. The molecular weight excluding hydrogens is 198 g/mol. The van der Waals surface area contributed by atoms with Crippen molar-refractivity contribution < 1.29 is 19.4 Å². The van der Waals surface area contributed by atoms with Crippen LogP contribution in [0.2, 0.25) is 0 Å². The van der Waals surface area contributed by atoms with Crippen LogP contribution in [0.15, 0.2) is 24.3 Å². The summed E-state index contributed by atoms with van der Waals surface area (Å²) in [5.74, 6) is -0.979. The van der Waals surface area contributed by atoms with E-state index in [2.05, 4.69) is 4.74 Å². The molecule has 0 aliphatic heterocycles. The van der Waals surface area contributed by atoms with E-state index in [0.29, 0.717) is 5.69 Å². The number of hydrogen-bond acceptors (Lipinski definition) is 5. The molecule has 1 rings (SSSR count). The number of para-hydroxylation sites is 2. The van der Waals surface area contributed by atoms with E-state index in [1.54, 1.807) is 24.3 Å². The number of ether oxygens (including phenoxy) is 1. The third kappa shape index (κ3) is 7.06. The zero-order valence-electron chi connectivity index (χ0n) is 8.56. The normalized spacial score (nSPS) is 8.40. The monoisotopic (exact) mass is 211 g/mol. The fourth-order valence-electron chi connectivity index (χ4n) is 0.690. The summed E-state index contributed by atoms with van der Waals surface area (Å²) in [5, 5.41) is 8.79. The third-order valence-corrected chi connectivity index (χ3v) is 1.22. The number of hydrogen-bond donors (Lipinski definition) is 2. The lowest BCUT2D eigenvalue weighted by atomic mass is 10.3. The van der Waals surface area contributed by atoms with Crippen molar-refractivity contribution in [3.63, 3.8) is 0 Å². The van der Waals surface area contributed by atoms with Gasteiger partial charge in [0.2, 0.25) is 0 Å². The van der Waals surface area contributed by atoms with Crippen LogP contribution in [0, 0.1) is 0 Å². The summed E-state index contributed by atoms with van der Waals surface area (Å²) in [6.45, 7) is 2.36. The Hall–Kier alpha value is -2.04. The highest BCUT2D eigenvalue weighted by Crippen LogP contribution is 2.16. The summed E-state index contributed by atoms with van der Waals surface area (Å²) in [6.07, 6.45) is 0. The molecule has 0 bridgehead atoms. The van der Waals surface area contributed by atoms with Gasteiger partial charge < -0.3 is 15.6 Å². The largest absolute Gasteiger partial charge is 0.506 e. The number of phenols is 1. The zero-order chi connectivity index (χ0) is 11.8. The Kier molecular flexibility index (Phi) is 5.55.